The molecule has 0 aliphatic carbocycles. The zero-order valence-electron chi connectivity index (χ0n) is 14.3. The number of hydrogen-bond donors (Lipinski definition) is 2. The third-order valence-corrected chi connectivity index (χ3v) is 4.61. The number of anilines is 1. The number of carbonyl (C=O) groups excluding carboxylic acids is 1. The topological polar surface area (TPSA) is 75.3 Å². The van der Waals surface area contributed by atoms with Gasteiger partial charge in [-0.1, -0.05) is 47.5 Å². The first-order valence-electron chi connectivity index (χ1n) is 7.95. The molecule has 0 unspecified atom stereocenters. The maximum Gasteiger partial charge on any atom is 0.233 e. The molecule has 0 aliphatic rings. The molecule has 0 spiro atoms. The maximum atomic E-state index is 11.9. The van der Waals surface area contributed by atoms with Crippen molar-refractivity contribution in [2.75, 3.05) is 11.9 Å². The Bertz CT molecular complexity index is 839. The molecule has 0 atom stereocenters. The van der Waals surface area contributed by atoms with E-state index in [0.29, 0.717) is 5.69 Å². The van der Waals surface area contributed by atoms with Crippen molar-refractivity contribution in [2.45, 2.75) is 20.3 Å². The summed E-state index contributed by atoms with van der Waals surface area (Å²) in [5.74, 6) is -0.242. The van der Waals surface area contributed by atoms with Crippen LogP contribution in [-0.4, -0.2) is 20.9 Å². The van der Waals surface area contributed by atoms with Gasteiger partial charge in [0, 0.05) is 24.1 Å². The Kier molecular flexibility index (Phi) is 6.50. The van der Waals surface area contributed by atoms with Crippen molar-refractivity contribution >= 4 is 27.7 Å². The molecule has 0 aromatic heterocycles. The summed E-state index contributed by atoms with van der Waals surface area (Å²) in [6.45, 7) is 3.97. The molecule has 25 heavy (non-hydrogen) atoms. The first kappa shape index (κ1) is 18.9. The van der Waals surface area contributed by atoms with E-state index in [-0.39, 0.29) is 18.9 Å². The summed E-state index contributed by atoms with van der Waals surface area (Å²) in [4.78, 5) is 11.8. The van der Waals surface area contributed by atoms with Gasteiger partial charge in [-0.05, 0) is 37.6 Å². The van der Waals surface area contributed by atoms with E-state index < -0.39 is 10.0 Å². The van der Waals surface area contributed by atoms with E-state index in [1.165, 1.54) is 6.08 Å². The molecule has 5 nitrogen and oxygen atoms in total. The molecule has 2 N–H and O–H groups in total. The highest BCUT2D eigenvalue weighted by Crippen LogP contribution is 2.09. The van der Waals surface area contributed by atoms with Crippen LogP contribution in [0.2, 0.25) is 0 Å². The summed E-state index contributed by atoms with van der Waals surface area (Å²) in [6.07, 6.45) is 1.58. The number of sulfonamides is 1. The largest absolute Gasteiger partial charge is 0.326 e. The second-order valence-corrected chi connectivity index (χ2v) is 7.47. The van der Waals surface area contributed by atoms with Crippen molar-refractivity contribution in [3.05, 3.63) is 70.6 Å². The minimum absolute atomic E-state index is 0.0399. The fourth-order valence-electron chi connectivity index (χ4n) is 2.06. The van der Waals surface area contributed by atoms with Gasteiger partial charge in [-0.15, -0.1) is 0 Å². The summed E-state index contributed by atoms with van der Waals surface area (Å²) >= 11 is 0. The molecule has 1 amide bonds. The van der Waals surface area contributed by atoms with Crippen LogP contribution in [0.3, 0.4) is 0 Å². The van der Waals surface area contributed by atoms with Gasteiger partial charge in [-0.25, -0.2) is 13.1 Å². The van der Waals surface area contributed by atoms with Crippen LogP contribution in [-0.2, 0) is 14.8 Å². The molecule has 6 heteroatoms. The second kappa shape index (κ2) is 8.60. The molecule has 2 aromatic rings. The normalized spacial score (nSPS) is 11.6. The fraction of sp³-hybridized carbons (Fsp3) is 0.211. The SMILES string of the molecule is Cc1ccc(/C=C/S(=O)(=O)NCCC(=O)Nc2ccc(C)cc2)cc1. The van der Waals surface area contributed by atoms with Crippen molar-refractivity contribution in [3.8, 4) is 0 Å². The lowest BCUT2D eigenvalue weighted by molar-refractivity contribution is -0.116. The fourth-order valence-corrected chi connectivity index (χ4v) is 2.88. The number of nitrogens with one attached hydrogen (secondary N) is 2. The maximum absolute atomic E-state index is 11.9. The Morgan fingerprint density at radius 3 is 2.12 bits per heavy atom. The van der Waals surface area contributed by atoms with E-state index in [4.69, 9.17) is 0 Å². The molecule has 0 aliphatic heterocycles. The van der Waals surface area contributed by atoms with E-state index in [1.807, 2.05) is 62.4 Å². The van der Waals surface area contributed by atoms with E-state index in [9.17, 15) is 13.2 Å². The molecule has 0 radical (unpaired) electrons. The number of carbonyl (C=O) groups is 1. The molecule has 132 valence electrons. The molecule has 2 rings (SSSR count). The van der Waals surface area contributed by atoms with Crippen LogP contribution in [0.15, 0.2) is 53.9 Å². The van der Waals surface area contributed by atoms with E-state index in [1.54, 1.807) is 0 Å². The van der Waals surface area contributed by atoms with Crippen LogP contribution in [0.1, 0.15) is 23.1 Å². The number of hydrogen-bond acceptors (Lipinski definition) is 3. The summed E-state index contributed by atoms with van der Waals surface area (Å²) in [5.41, 5.74) is 3.70. The molecule has 0 heterocycles. The quantitative estimate of drug-likeness (QED) is 0.798. The third-order valence-electron chi connectivity index (χ3n) is 3.51. The van der Waals surface area contributed by atoms with Crippen LogP contribution in [0.25, 0.3) is 6.08 Å². The van der Waals surface area contributed by atoms with Crippen molar-refractivity contribution in [1.29, 1.82) is 0 Å². The Hall–Kier alpha value is -2.44. The zero-order valence-corrected chi connectivity index (χ0v) is 15.1. The first-order chi connectivity index (χ1) is 11.8. The van der Waals surface area contributed by atoms with Crippen molar-refractivity contribution in [3.63, 3.8) is 0 Å². The minimum Gasteiger partial charge on any atom is -0.326 e. The molecule has 0 fully saturated rings. The highest BCUT2D eigenvalue weighted by Gasteiger charge is 2.07. The number of benzene rings is 2. The zero-order chi connectivity index (χ0) is 18.3. The Labute approximate surface area is 148 Å². The van der Waals surface area contributed by atoms with Crippen LogP contribution in [0.4, 0.5) is 5.69 Å². The second-order valence-electron chi connectivity index (χ2n) is 5.82. The molecule has 0 saturated carbocycles. The minimum atomic E-state index is -3.57. The molecular formula is C19H22N2O3S. The molecular weight excluding hydrogens is 336 g/mol. The molecule has 2 aromatic carbocycles. The smallest absolute Gasteiger partial charge is 0.233 e. The van der Waals surface area contributed by atoms with Crippen LogP contribution < -0.4 is 10.0 Å². The Balaban J connectivity index is 1.80. The highest BCUT2D eigenvalue weighted by molar-refractivity contribution is 7.92. The summed E-state index contributed by atoms with van der Waals surface area (Å²) in [7, 11) is -3.57. The number of rotatable bonds is 7. The van der Waals surface area contributed by atoms with Crippen LogP contribution >= 0.6 is 0 Å². The number of aryl methyl sites for hydroxylation is 2. The first-order valence-corrected chi connectivity index (χ1v) is 9.50. The number of amides is 1. The lowest BCUT2D eigenvalue weighted by Gasteiger charge is -2.06. The van der Waals surface area contributed by atoms with E-state index in [2.05, 4.69) is 10.0 Å². The Morgan fingerprint density at radius 1 is 0.960 bits per heavy atom. The third kappa shape index (κ3) is 6.91. The summed E-state index contributed by atoms with van der Waals surface area (Å²) in [5, 5.41) is 3.83. The van der Waals surface area contributed by atoms with Crippen molar-refractivity contribution < 1.29 is 13.2 Å². The van der Waals surface area contributed by atoms with Crippen LogP contribution in [0.5, 0.6) is 0 Å². The highest BCUT2D eigenvalue weighted by atomic mass is 32.2. The van der Waals surface area contributed by atoms with E-state index in [0.717, 1.165) is 22.1 Å². The van der Waals surface area contributed by atoms with Gasteiger partial charge in [-0.3, -0.25) is 4.79 Å². The van der Waals surface area contributed by atoms with Gasteiger partial charge in [-0.2, -0.15) is 0 Å². The van der Waals surface area contributed by atoms with Gasteiger partial charge in [0.05, 0.1) is 0 Å². The standard InChI is InChI=1S/C19H22N2O3S/c1-15-3-7-17(8-4-15)12-14-25(23,24)20-13-11-19(22)21-18-9-5-16(2)6-10-18/h3-10,12,14,20H,11,13H2,1-2H3,(H,21,22)/b14-12+. The van der Waals surface area contributed by atoms with Gasteiger partial charge in [0.1, 0.15) is 0 Å². The lowest BCUT2D eigenvalue weighted by atomic mass is 10.2. The van der Waals surface area contributed by atoms with Gasteiger partial charge in [0.2, 0.25) is 15.9 Å². The lowest BCUT2D eigenvalue weighted by Crippen LogP contribution is -2.26. The van der Waals surface area contributed by atoms with Crippen molar-refractivity contribution in [1.82, 2.24) is 4.72 Å². The molecule has 0 saturated heterocycles. The Morgan fingerprint density at radius 2 is 1.52 bits per heavy atom. The average molecular weight is 358 g/mol. The van der Waals surface area contributed by atoms with Gasteiger partial charge in [0.25, 0.3) is 0 Å². The van der Waals surface area contributed by atoms with Gasteiger partial charge >= 0.3 is 0 Å². The predicted octanol–water partition coefficient (Wildman–Crippen LogP) is 3.22. The van der Waals surface area contributed by atoms with Crippen molar-refractivity contribution in [2.24, 2.45) is 0 Å². The predicted molar refractivity (Wildman–Crippen MR) is 102 cm³/mol. The monoisotopic (exact) mass is 358 g/mol. The summed E-state index contributed by atoms with van der Waals surface area (Å²) in [6, 6.07) is 14.9. The average Bonchev–Trinajstić information content (AvgIpc) is 2.56. The molecule has 0 bridgehead atoms. The summed E-state index contributed by atoms with van der Waals surface area (Å²) < 4.78 is 26.2. The van der Waals surface area contributed by atoms with Gasteiger partial charge in [0.15, 0.2) is 0 Å². The van der Waals surface area contributed by atoms with E-state index >= 15 is 0 Å². The van der Waals surface area contributed by atoms with Crippen LogP contribution in [0, 0.1) is 13.8 Å². The van der Waals surface area contributed by atoms with Gasteiger partial charge < -0.3 is 5.32 Å².